The summed E-state index contributed by atoms with van der Waals surface area (Å²) in [5, 5.41) is 3.81. The second-order valence-corrected chi connectivity index (χ2v) is 3.00. The molecule has 0 aliphatic heterocycles. The number of carbonyl (C=O) groups is 1. The lowest BCUT2D eigenvalue weighted by atomic mass is 10.1. The fourth-order valence-corrected chi connectivity index (χ4v) is 1.29. The fraction of sp³-hybridized carbons (Fsp3) is 0.0909. The van der Waals surface area contributed by atoms with Crippen molar-refractivity contribution in [2.75, 3.05) is 0 Å². The maximum Gasteiger partial charge on any atom is 0.165 e. The molecule has 1 aromatic carbocycles. The molecule has 0 fully saturated rings. The van der Waals surface area contributed by atoms with Crippen molar-refractivity contribution in [1.82, 2.24) is 5.16 Å². The molecule has 0 atom stereocenters. The van der Waals surface area contributed by atoms with Crippen LogP contribution in [0, 0.1) is 0 Å². The summed E-state index contributed by atoms with van der Waals surface area (Å²) in [5.74, 6) is -0.0369. The maximum atomic E-state index is 11.2. The van der Waals surface area contributed by atoms with Gasteiger partial charge in [-0.25, -0.2) is 0 Å². The number of benzene rings is 1. The van der Waals surface area contributed by atoms with Crippen LogP contribution in [0.1, 0.15) is 17.3 Å². The maximum absolute atomic E-state index is 11.2. The van der Waals surface area contributed by atoms with Gasteiger partial charge in [0.25, 0.3) is 0 Å². The van der Waals surface area contributed by atoms with Crippen LogP contribution in [-0.4, -0.2) is 10.9 Å². The predicted molar refractivity (Wildman–Crippen MR) is 51.9 cm³/mol. The molecule has 0 radical (unpaired) electrons. The minimum atomic E-state index is -0.0369. The standard InChI is InChI=1S/C11H9NO2/c1-8(13)10-7-14-12-11(10)9-5-3-2-4-6-9/h2-7H,1H3. The van der Waals surface area contributed by atoms with Gasteiger partial charge in [-0.1, -0.05) is 35.5 Å². The Bertz CT molecular complexity index is 445. The van der Waals surface area contributed by atoms with Gasteiger partial charge >= 0.3 is 0 Å². The van der Waals surface area contributed by atoms with Crippen molar-refractivity contribution in [3.05, 3.63) is 42.2 Å². The number of Topliss-reactive ketones (excluding diaryl/α,β-unsaturated/α-hetero) is 1. The average molecular weight is 187 g/mol. The zero-order valence-electron chi connectivity index (χ0n) is 7.73. The molecule has 70 valence electrons. The van der Waals surface area contributed by atoms with E-state index in [2.05, 4.69) is 5.16 Å². The highest BCUT2D eigenvalue weighted by Crippen LogP contribution is 2.21. The van der Waals surface area contributed by atoms with E-state index in [0.717, 1.165) is 5.56 Å². The van der Waals surface area contributed by atoms with Gasteiger partial charge in [0, 0.05) is 5.56 Å². The van der Waals surface area contributed by atoms with Gasteiger partial charge < -0.3 is 4.52 Å². The van der Waals surface area contributed by atoms with Crippen LogP contribution in [0.4, 0.5) is 0 Å². The number of ketones is 1. The fourth-order valence-electron chi connectivity index (χ4n) is 1.29. The summed E-state index contributed by atoms with van der Waals surface area (Å²) in [5.41, 5.74) is 2.03. The third kappa shape index (κ3) is 1.44. The van der Waals surface area contributed by atoms with Crippen LogP contribution >= 0.6 is 0 Å². The van der Waals surface area contributed by atoms with Gasteiger partial charge in [-0.3, -0.25) is 4.79 Å². The van der Waals surface area contributed by atoms with Crippen LogP contribution in [0.2, 0.25) is 0 Å². The first-order valence-corrected chi connectivity index (χ1v) is 4.30. The van der Waals surface area contributed by atoms with E-state index in [9.17, 15) is 4.79 Å². The summed E-state index contributed by atoms with van der Waals surface area (Å²) in [6.07, 6.45) is 1.38. The van der Waals surface area contributed by atoms with Crippen molar-refractivity contribution < 1.29 is 9.32 Å². The molecule has 0 saturated carbocycles. The Morgan fingerprint density at radius 1 is 1.29 bits per heavy atom. The van der Waals surface area contributed by atoms with Crippen LogP contribution in [0.15, 0.2) is 41.1 Å². The van der Waals surface area contributed by atoms with Crippen molar-refractivity contribution in [2.45, 2.75) is 6.92 Å². The first-order valence-electron chi connectivity index (χ1n) is 4.30. The highest BCUT2D eigenvalue weighted by Gasteiger charge is 2.12. The van der Waals surface area contributed by atoms with Gasteiger partial charge in [0.15, 0.2) is 5.78 Å². The van der Waals surface area contributed by atoms with E-state index in [0.29, 0.717) is 11.3 Å². The van der Waals surface area contributed by atoms with Gasteiger partial charge in [-0.05, 0) is 6.92 Å². The minimum Gasteiger partial charge on any atom is -0.363 e. The van der Waals surface area contributed by atoms with Gasteiger partial charge in [-0.2, -0.15) is 0 Å². The van der Waals surface area contributed by atoms with E-state index in [1.165, 1.54) is 13.2 Å². The van der Waals surface area contributed by atoms with Crippen LogP contribution in [-0.2, 0) is 0 Å². The molecule has 0 amide bonds. The number of hydrogen-bond acceptors (Lipinski definition) is 3. The van der Waals surface area contributed by atoms with Gasteiger partial charge in [0.05, 0.1) is 5.56 Å². The topological polar surface area (TPSA) is 43.1 Å². The largest absolute Gasteiger partial charge is 0.363 e. The molecule has 3 nitrogen and oxygen atoms in total. The van der Waals surface area contributed by atoms with E-state index in [1.807, 2.05) is 30.3 Å². The molecule has 3 heteroatoms. The van der Waals surface area contributed by atoms with Crippen molar-refractivity contribution in [3.8, 4) is 11.3 Å². The third-order valence-electron chi connectivity index (χ3n) is 2.00. The van der Waals surface area contributed by atoms with Crippen molar-refractivity contribution in [1.29, 1.82) is 0 Å². The Hall–Kier alpha value is -1.90. The first kappa shape index (κ1) is 8.69. The number of rotatable bonds is 2. The van der Waals surface area contributed by atoms with Crippen molar-refractivity contribution in [2.24, 2.45) is 0 Å². The number of nitrogens with zero attached hydrogens (tertiary/aromatic N) is 1. The number of aromatic nitrogens is 1. The Labute approximate surface area is 81.3 Å². The molecule has 0 spiro atoms. The molecule has 1 aromatic heterocycles. The Balaban J connectivity index is 2.52. The van der Waals surface area contributed by atoms with Crippen LogP contribution in [0.25, 0.3) is 11.3 Å². The van der Waals surface area contributed by atoms with Crippen LogP contribution < -0.4 is 0 Å². The minimum absolute atomic E-state index is 0.0369. The molecule has 0 aliphatic rings. The normalized spacial score (nSPS) is 10.1. The molecular formula is C11H9NO2. The molecule has 0 saturated heterocycles. The molecule has 0 unspecified atom stereocenters. The Morgan fingerprint density at radius 2 is 2.00 bits per heavy atom. The highest BCUT2D eigenvalue weighted by atomic mass is 16.5. The van der Waals surface area contributed by atoms with Gasteiger partial charge in [0.1, 0.15) is 12.0 Å². The zero-order valence-corrected chi connectivity index (χ0v) is 7.73. The second-order valence-electron chi connectivity index (χ2n) is 3.00. The van der Waals surface area contributed by atoms with E-state index in [-0.39, 0.29) is 5.78 Å². The molecule has 2 rings (SSSR count). The van der Waals surface area contributed by atoms with Crippen LogP contribution in [0.5, 0.6) is 0 Å². The summed E-state index contributed by atoms with van der Waals surface area (Å²) in [6.45, 7) is 1.50. The first-order chi connectivity index (χ1) is 6.79. The van der Waals surface area contributed by atoms with E-state index in [1.54, 1.807) is 0 Å². The molecule has 1 heterocycles. The van der Waals surface area contributed by atoms with Crippen LogP contribution in [0.3, 0.4) is 0 Å². The number of hydrogen-bond donors (Lipinski definition) is 0. The van der Waals surface area contributed by atoms with Crippen molar-refractivity contribution >= 4 is 5.78 Å². The average Bonchev–Trinajstić information content (AvgIpc) is 2.67. The quantitative estimate of drug-likeness (QED) is 0.678. The lowest BCUT2D eigenvalue weighted by Gasteiger charge is -1.96. The zero-order chi connectivity index (χ0) is 9.97. The highest BCUT2D eigenvalue weighted by molar-refractivity contribution is 5.99. The lowest BCUT2D eigenvalue weighted by molar-refractivity contribution is 0.101. The van der Waals surface area contributed by atoms with E-state index in [4.69, 9.17) is 4.52 Å². The second kappa shape index (κ2) is 3.46. The molecule has 14 heavy (non-hydrogen) atoms. The SMILES string of the molecule is CC(=O)c1conc1-c1ccccc1. The molecule has 2 aromatic rings. The molecule has 0 N–H and O–H groups in total. The summed E-state index contributed by atoms with van der Waals surface area (Å²) >= 11 is 0. The monoisotopic (exact) mass is 187 g/mol. The summed E-state index contributed by atoms with van der Waals surface area (Å²) in [4.78, 5) is 11.2. The smallest absolute Gasteiger partial charge is 0.165 e. The molecule has 0 bridgehead atoms. The Kier molecular flexibility index (Phi) is 2.14. The van der Waals surface area contributed by atoms with Gasteiger partial charge in [-0.15, -0.1) is 0 Å². The summed E-state index contributed by atoms with van der Waals surface area (Å²) < 4.78 is 4.79. The van der Waals surface area contributed by atoms with Gasteiger partial charge in [0.2, 0.25) is 0 Å². The summed E-state index contributed by atoms with van der Waals surface area (Å²) in [7, 11) is 0. The van der Waals surface area contributed by atoms with Crippen molar-refractivity contribution in [3.63, 3.8) is 0 Å². The Morgan fingerprint density at radius 3 is 2.64 bits per heavy atom. The molecule has 0 aliphatic carbocycles. The molecular weight excluding hydrogens is 178 g/mol. The summed E-state index contributed by atoms with van der Waals surface area (Å²) in [6, 6.07) is 9.49. The predicted octanol–water partition coefficient (Wildman–Crippen LogP) is 2.54. The lowest BCUT2D eigenvalue weighted by Crippen LogP contribution is -1.92. The van der Waals surface area contributed by atoms with E-state index < -0.39 is 0 Å². The number of carbonyl (C=O) groups excluding carboxylic acids is 1. The third-order valence-corrected chi connectivity index (χ3v) is 2.00. The van der Waals surface area contributed by atoms with E-state index >= 15 is 0 Å².